The molecule has 208 valence electrons. The van der Waals surface area contributed by atoms with Gasteiger partial charge in [0.1, 0.15) is 11.4 Å². The van der Waals surface area contributed by atoms with Crippen molar-refractivity contribution in [2.24, 2.45) is 0 Å². The Hall–Kier alpha value is -3.41. The normalized spacial score (nSPS) is 14.1. The van der Waals surface area contributed by atoms with E-state index in [0.717, 1.165) is 17.3 Å². The standard InChI is InChI=1S/C26H35F3N6O3/c1-16(36)34-24(2,3)9-10-30-22-20(26(27,28)29)14-31-23(33-22)32-19-7-6-18-15-35(11-8-17(18)12-19)21(37)13-25(4,5)38/h6-7,12,14,38H,8-11,13,15H2,1-5H3,(H,34,36)(H2,30,31,32,33). The van der Waals surface area contributed by atoms with E-state index in [1.807, 2.05) is 12.1 Å². The second-order valence-corrected chi connectivity index (χ2v) is 10.9. The van der Waals surface area contributed by atoms with E-state index in [1.54, 1.807) is 38.7 Å². The number of fused-ring (bicyclic) bond motifs is 1. The maximum absolute atomic E-state index is 13.6. The van der Waals surface area contributed by atoms with E-state index in [-0.39, 0.29) is 36.5 Å². The highest BCUT2D eigenvalue weighted by Crippen LogP contribution is 2.34. The minimum absolute atomic E-state index is 0.000591. The number of hydrogen-bond acceptors (Lipinski definition) is 7. The zero-order valence-corrected chi connectivity index (χ0v) is 22.3. The third-order valence-corrected chi connectivity index (χ3v) is 6.06. The summed E-state index contributed by atoms with van der Waals surface area (Å²) in [5.41, 5.74) is -0.0965. The van der Waals surface area contributed by atoms with Gasteiger partial charge in [-0.15, -0.1) is 0 Å². The summed E-state index contributed by atoms with van der Waals surface area (Å²) in [5.74, 6) is -0.700. The second-order valence-electron chi connectivity index (χ2n) is 10.9. The van der Waals surface area contributed by atoms with Crippen molar-refractivity contribution in [1.82, 2.24) is 20.2 Å². The molecule has 12 heteroatoms. The number of hydrogen-bond donors (Lipinski definition) is 4. The highest BCUT2D eigenvalue weighted by atomic mass is 19.4. The summed E-state index contributed by atoms with van der Waals surface area (Å²) in [6, 6.07) is 5.48. The Morgan fingerprint density at radius 2 is 1.84 bits per heavy atom. The third kappa shape index (κ3) is 8.30. The van der Waals surface area contributed by atoms with E-state index >= 15 is 0 Å². The highest BCUT2D eigenvalue weighted by molar-refractivity contribution is 5.77. The first-order valence-corrected chi connectivity index (χ1v) is 12.4. The molecule has 0 saturated carbocycles. The van der Waals surface area contributed by atoms with E-state index in [2.05, 4.69) is 25.9 Å². The zero-order valence-electron chi connectivity index (χ0n) is 22.3. The summed E-state index contributed by atoms with van der Waals surface area (Å²) >= 11 is 0. The van der Waals surface area contributed by atoms with Crippen molar-refractivity contribution < 1.29 is 27.9 Å². The van der Waals surface area contributed by atoms with Crippen LogP contribution in [-0.2, 0) is 28.7 Å². The number of alkyl halides is 3. The SMILES string of the molecule is CC(=O)NC(C)(C)CCNc1nc(Nc2ccc3c(c2)CCN(C(=O)CC(C)(C)O)C3)ncc1C(F)(F)F. The number of halogens is 3. The maximum Gasteiger partial charge on any atom is 0.421 e. The molecule has 0 fully saturated rings. The van der Waals surface area contributed by atoms with Gasteiger partial charge in [-0.3, -0.25) is 9.59 Å². The van der Waals surface area contributed by atoms with Gasteiger partial charge in [0.15, 0.2) is 0 Å². The zero-order chi connectivity index (χ0) is 28.3. The smallest absolute Gasteiger partial charge is 0.390 e. The minimum Gasteiger partial charge on any atom is -0.390 e. The Morgan fingerprint density at radius 1 is 1.13 bits per heavy atom. The van der Waals surface area contributed by atoms with Crippen molar-refractivity contribution in [1.29, 1.82) is 0 Å². The predicted molar refractivity (Wildman–Crippen MR) is 138 cm³/mol. The quantitative estimate of drug-likeness (QED) is 0.383. The lowest BCUT2D eigenvalue weighted by molar-refractivity contribution is -0.137. The summed E-state index contributed by atoms with van der Waals surface area (Å²) in [5, 5.41) is 18.4. The number of nitrogens with one attached hydrogen (secondary N) is 3. The first-order chi connectivity index (χ1) is 17.5. The molecule has 9 nitrogen and oxygen atoms in total. The van der Waals surface area contributed by atoms with Crippen LogP contribution < -0.4 is 16.0 Å². The molecule has 4 N–H and O–H groups in total. The molecule has 0 atom stereocenters. The minimum atomic E-state index is -4.64. The van der Waals surface area contributed by atoms with Crippen LogP contribution >= 0.6 is 0 Å². The molecule has 2 heterocycles. The van der Waals surface area contributed by atoms with Gasteiger partial charge in [-0.1, -0.05) is 6.07 Å². The van der Waals surface area contributed by atoms with Crippen molar-refractivity contribution in [3.8, 4) is 0 Å². The van der Waals surface area contributed by atoms with Crippen molar-refractivity contribution in [2.75, 3.05) is 23.7 Å². The van der Waals surface area contributed by atoms with Gasteiger partial charge < -0.3 is 26.0 Å². The lowest BCUT2D eigenvalue weighted by Gasteiger charge is -2.31. The molecule has 0 bridgehead atoms. The first kappa shape index (κ1) is 29.2. The van der Waals surface area contributed by atoms with Gasteiger partial charge in [-0.25, -0.2) is 4.98 Å². The fourth-order valence-corrected chi connectivity index (χ4v) is 4.27. The fraction of sp³-hybridized carbons (Fsp3) is 0.538. The lowest BCUT2D eigenvalue weighted by Crippen LogP contribution is -2.43. The van der Waals surface area contributed by atoms with Crippen LogP contribution in [0.15, 0.2) is 24.4 Å². The van der Waals surface area contributed by atoms with Gasteiger partial charge in [0, 0.05) is 44.0 Å². The molecule has 0 spiro atoms. The van der Waals surface area contributed by atoms with Crippen molar-refractivity contribution in [2.45, 2.75) is 77.7 Å². The van der Waals surface area contributed by atoms with Gasteiger partial charge in [0.25, 0.3) is 0 Å². The molecule has 2 aromatic rings. The molecular weight excluding hydrogens is 501 g/mol. The lowest BCUT2D eigenvalue weighted by atomic mass is 9.97. The van der Waals surface area contributed by atoms with Crippen molar-refractivity contribution >= 4 is 29.3 Å². The Morgan fingerprint density at radius 3 is 2.47 bits per heavy atom. The third-order valence-electron chi connectivity index (χ3n) is 6.06. The van der Waals surface area contributed by atoms with Crippen LogP contribution in [0.2, 0.25) is 0 Å². The largest absolute Gasteiger partial charge is 0.421 e. The van der Waals surface area contributed by atoms with Crippen LogP contribution in [0.4, 0.5) is 30.6 Å². The first-order valence-electron chi connectivity index (χ1n) is 12.4. The summed E-state index contributed by atoms with van der Waals surface area (Å²) < 4.78 is 40.7. The van der Waals surface area contributed by atoms with Gasteiger partial charge in [-0.05, 0) is 63.8 Å². The summed E-state index contributed by atoms with van der Waals surface area (Å²) in [6.45, 7) is 9.21. The molecule has 3 rings (SSSR count). The van der Waals surface area contributed by atoms with E-state index in [4.69, 9.17) is 0 Å². The Balaban J connectivity index is 1.72. The topological polar surface area (TPSA) is 119 Å². The molecule has 1 aliphatic heterocycles. The van der Waals surface area contributed by atoms with E-state index in [1.165, 1.54) is 6.92 Å². The van der Waals surface area contributed by atoms with E-state index in [9.17, 15) is 27.9 Å². The van der Waals surface area contributed by atoms with Gasteiger partial charge in [0.05, 0.1) is 12.0 Å². The number of amides is 2. The van der Waals surface area contributed by atoms with Crippen LogP contribution in [0, 0.1) is 0 Å². The van der Waals surface area contributed by atoms with Crippen LogP contribution in [0.5, 0.6) is 0 Å². The van der Waals surface area contributed by atoms with Crippen LogP contribution in [0.3, 0.4) is 0 Å². The number of rotatable bonds is 9. The summed E-state index contributed by atoms with van der Waals surface area (Å²) in [4.78, 5) is 33.5. The van der Waals surface area contributed by atoms with Gasteiger partial charge >= 0.3 is 6.18 Å². The summed E-state index contributed by atoms with van der Waals surface area (Å²) in [7, 11) is 0. The number of nitrogens with zero attached hydrogens (tertiary/aromatic N) is 3. The van der Waals surface area contributed by atoms with Crippen molar-refractivity contribution in [3.05, 3.63) is 41.1 Å². The maximum atomic E-state index is 13.6. The number of carbonyl (C=O) groups excluding carboxylic acids is 2. The van der Waals surface area contributed by atoms with Crippen LogP contribution in [-0.4, -0.2) is 56.0 Å². The molecule has 0 unspecified atom stereocenters. The summed E-state index contributed by atoms with van der Waals surface area (Å²) in [6.07, 6.45) is -2.89. The van der Waals surface area contributed by atoms with E-state index in [0.29, 0.717) is 31.6 Å². The molecule has 38 heavy (non-hydrogen) atoms. The predicted octanol–water partition coefficient (Wildman–Crippen LogP) is 4.00. The monoisotopic (exact) mass is 536 g/mol. The van der Waals surface area contributed by atoms with Gasteiger partial charge in [-0.2, -0.15) is 18.2 Å². The number of benzene rings is 1. The molecule has 1 aliphatic rings. The Bertz CT molecular complexity index is 1180. The average molecular weight is 537 g/mol. The Labute approximate surface area is 220 Å². The number of carbonyl (C=O) groups is 2. The van der Waals surface area contributed by atoms with Crippen LogP contribution in [0.25, 0.3) is 0 Å². The van der Waals surface area contributed by atoms with Gasteiger partial charge in [0.2, 0.25) is 17.8 Å². The molecule has 0 radical (unpaired) electrons. The fourth-order valence-electron chi connectivity index (χ4n) is 4.27. The molecule has 0 aliphatic carbocycles. The molecule has 1 aromatic carbocycles. The number of aromatic nitrogens is 2. The molecule has 2 amide bonds. The molecule has 0 saturated heterocycles. The number of anilines is 3. The Kier molecular flexibility index (Phi) is 8.55. The molecule has 1 aromatic heterocycles. The highest BCUT2D eigenvalue weighted by Gasteiger charge is 2.35. The molecular formula is C26H35F3N6O3. The second kappa shape index (κ2) is 11.1. The number of aliphatic hydroxyl groups is 1. The average Bonchev–Trinajstić information content (AvgIpc) is 2.76. The van der Waals surface area contributed by atoms with Crippen LogP contribution in [0.1, 0.15) is 64.2 Å². The van der Waals surface area contributed by atoms with E-state index < -0.39 is 22.9 Å². The van der Waals surface area contributed by atoms with Crippen molar-refractivity contribution in [3.63, 3.8) is 0 Å².